The monoisotopic (exact) mass is 363 g/mol. The fraction of sp³-hybridized carbons (Fsp3) is 0.409. The third kappa shape index (κ3) is 3.33. The first-order valence-electron chi connectivity index (χ1n) is 9.87. The van der Waals surface area contributed by atoms with Crippen LogP contribution in [0.2, 0.25) is 0 Å². The second-order valence-corrected chi connectivity index (χ2v) is 7.39. The molecule has 1 unspecified atom stereocenters. The molecule has 5 heteroatoms. The van der Waals surface area contributed by atoms with Crippen molar-refractivity contribution >= 4 is 16.8 Å². The number of benzene rings is 1. The first-order valence-corrected chi connectivity index (χ1v) is 9.87. The number of hydrogen-bond acceptors (Lipinski definition) is 5. The van der Waals surface area contributed by atoms with Crippen molar-refractivity contribution < 1.29 is 9.15 Å². The largest absolute Gasteiger partial charge is 0.464 e. The molecule has 0 saturated carbocycles. The summed E-state index contributed by atoms with van der Waals surface area (Å²) in [5, 5.41) is 1.11. The highest BCUT2D eigenvalue weighted by Gasteiger charge is 2.24. The number of aromatic nitrogens is 1. The molecule has 0 amide bonds. The Bertz CT molecular complexity index is 915. The van der Waals surface area contributed by atoms with Crippen molar-refractivity contribution in [2.75, 3.05) is 44.2 Å². The second-order valence-electron chi connectivity index (χ2n) is 7.39. The van der Waals surface area contributed by atoms with Gasteiger partial charge in [0.15, 0.2) is 0 Å². The molecule has 4 heterocycles. The van der Waals surface area contributed by atoms with Gasteiger partial charge in [0.2, 0.25) is 0 Å². The summed E-state index contributed by atoms with van der Waals surface area (Å²) in [7, 11) is 0. The molecule has 27 heavy (non-hydrogen) atoms. The van der Waals surface area contributed by atoms with Crippen LogP contribution in [-0.4, -0.2) is 49.2 Å². The molecule has 2 aromatic heterocycles. The van der Waals surface area contributed by atoms with E-state index in [0.29, 0.717) is 0 Å². The molecule has 1 saturated heterocycles. The highest BCUT2D eigenvalue weighted by Crippen LogP contribution is 2.30. The third-order valence-electron chi connectivity index (χ3n) is 5.83. The molecule has 5 rings (SSSR count). The van der Waals surface area contributed by atoms with Gasteiger partial charge in [-0.05, 0) is 36.1 Å². The van der Waals surface area contributed by atoms with Gasteiger partial charge in [-0.2, -0.15) is 0 Å². The van der Waals surface area contributed by atoms with Gasteiger partial charge in [0, 0.05) is 38.9 Å². The second kappa shape index (κ2) is 7.33. The van der Waals surface area contributed by atoms with E-state index in [9.17, 15) is 0 Å². The van der Waals surface area contributed by atoms with Crippen LogP contribution in [0.5, 0.6) is 0 Å². The Labute approximate surface area is 159 Å². The quantitative estimate of drug-likeness (QED) is 0.708. The van der Waals surface area contributed by atoms with E-state index in [0.717, 1.165) is 69.0 Å². The van der Waals surface area contributed by atoms with Gasteiger partial charge < -0.3 is 14.1 Å². The van der Waals surface area contributed by atoms with Crippen molar-refractivity contribution in [3.8, 4) is 0 Å². The van der Waals surface area contributed by atoms with Gasteiger partial charge in [0.25, 0.3) is 0 Å². The fourth-order valence-electron chi connectivity index (χ4n) is 4.33. The SMILES string of the molecule is c1ccc2c(c1)CCOC2CCN1CCN(c2nccc3occc23)CC1. The van der Waals surface area contributed by atoms with Crippen LogP contribution in [0.4, 0.5) is 5.82 Å². The molecule has 0 spiro atoms. The topological polar surface area (TPSA) is 41.7 Å². The molecule has 2 aliphatic rings. The maximum Gasteiger partial charge on any atom is 0.139 e. The number of anilines is 1. The van der Waals surface area contributed by atoms with Crippen LogP contribution in [0.3, 0.4) is 0 Å². The first kappa shape index (κ1) is 16.8. The van der Waals surface area contributed by atoms with Crippen molar-refractivity contribution in [1.82, 2.24) is 9.88 Å². The van der Waals surface area contributed by atoms with E-state index in [1.165, 1.54) is 11.1 Å². The Kier molecular flexibility index (Phi) is 4.56. The summed E-state index contributed by atoms with van der Waals surface area (Å²) in [6.07, 6.45) is 5.93. The van der Waals surface area contributed by atoms with E-state index in [1.54, 1.807) is 6.26 Å². The van der Waals surface area contributed by atoms with E-state index in [4.69, 9.17) is 9.15 Å². The van der Waals surface area contributed by atoms with Crippen LogP contribution in [0.25, 0.3) is 11.0 Å². The number of hydrogen-bond donors (Lipinski definition) is 0. The van der Waals surface area contributed by atoms with E-state index < -0.39 is 0 Å². The lowest BCUT2D eigenvalue weighted by molar-refractivity contribution is 0.0289. The van der Waals surface area contributed by atoms with Gasteiger partial charge in [-0.25, -0.2) is 4.98 Å². The van der Waals surface area contributed by atoms with Gasteiger partial charge in [-0.3, -0.25) is 4.90 Å². The molecule has 1 fully saturated rings. The summed E-state index contributed by atoms with van der Waals surface area (Å²) in [5.74, 6) is 1.05. The fourth-order valence-corrected chi connectivity index (χ4v) is 4.33. The lowest BCUT2D eigenvalue weighted by Gasteiger charge is -2.36. The Morgan fingerprint density at radius 3 is 2.85 bits per heavy atom. The number of ether oxygens (including phenoxy) is 1. The lowest BCUT2D eigenvalue weighted by atomic mass is 9.95. The number of pyridine rings is 1. The first-order chi connectivity index (χ1) is 13.4. The Hall–Kier alpha value is -2.37. The van der Waals surface area contributed by atoms with E-state index in [-0.39, 0.29) is 6.10 Å². The predicted molar refractivity (Wildman–Crippen MR) is 106 cm³/mol. The van der Waals surface area contributed by atoms with Crippen molar-refractivity contribution in [2.24, 2.45) is 0 Å². The molecular formula is C22H25N3O2. The van der Waals surface area contributed by atoms with Gasteiger partial charge in [-0.15, -0.1) is 0 Å². The zero-order valence-electron chi connectivity index (χ0n) is 15.5. The van der Waals surface area contributed by atoms with Crippen LogP contribution in [0, 0.1) is 0 Å². The van der Waals surface area contributed by atoms with Crippen molar-refractivity contribution in [3.63, 3.8) is 0 Å². The summed E-state index contributed by atoms with van der Waals surface area (Å²) in [6.45, 7) is 6.04. The minimum atomic E-state index is 0.245. The molecule has 5 nitrogen and oxygen atoms in total. The van der Waals surface area contributed by atoms with Crippen LogP contribution in [0.1, 0.15) is 23.7 Å². The van der Waals surface area contributed by atoms with Crippen LogP contribution >= 0.6 is 0 Å². The molecule has 140 valence electrons. The van der Waals surface area contributed by atoms with Crippen LogP contribution in [0.15, 0.2) is 53.3 Å². The minimum absolute atomic E-state index is 0.245. The molecular weight excluding hydrogens is 338 g/mol. The van der Waals surface area contributed by atoms with Gasteiger partial charge in [0.05, 0.1) is 24.4 Å². The molecule has 2 aliphatic heterocycles. The Morgan fingerprint density at radius 2 is 1.93 bits per heavy atom. The molecule has 0 radical (unpaired) electrons. The van der Waals surface area contributed by atoms with Crippen molar-refractivity contribution in [3.05, 3.63) is 60.0 Å². The third-order valence-corrected chi connectivity index (χ3v) is 5.83. The average Bonchev–Trinajstić information content (AvgIpc) is 3.22. The van der Waals surface area contributed by atoms with E-state index in [2.05, 4.69) is 39.0 Å². The number of piperazine rings is 1. The summed E-state index contributed by atoms with van der Waals surface area (Å²) in [6, 6.07) is 12.7. The zero-order chi connectivity index (χ0) is 18.1. The average molecular weight is 363 g/mol. The number of rotatable bonds is 4. The van der Waals surface area contributed by atoms with E-state index in [1.807, 2.05) is 18.3 Å². The summed E-state index contributed by atoms with van der Waals surface area (Å²) in [4.78, 5) is 9.52. The van der Waals surface area contributed by atoms with Crippen molar-refractivity contribution in [1.29, 1.82) is 0 Å². The molecule has 0 N–H and O–H groups in total. The number of fused-ring (bicyclic) bond motifs is 2. The highest BCUT2D eigenvalue weighted by molar-refractivity contribution is 5.88. The number of furan rings is 1. The maximum absolute atomic E-state index is 6.07. The number of nitrogens with zero attached hydrogens (tertiary/aromatic N) is 3. The van der Waals surface area contributed by atoms with Gasteiger partial charge in [0.1, 0.15) is 11.4 Å². The van der Waals surface area contributed by atoms with Crippen molar-refractivity contribution in [2.45, 2.75) is 18.9 Å². The Balaban J connectivity index is 1.19. The molecule has 0 aliphatic carbocycles. The molecule has 0 bridgehead atoms. The molecule has 1 atom stereocenters. The van der Waals surface area contributed by atoms with Gasteiger partial charge >= 0.3 is 0 Å². The normalized spacial score (nSPS) is 20.7. The maximum atomic E-state index is 6.07. The zero-order valence-corrected chi connectivity index (χ0v) is 15.5. The highest BCUT2D eigenvalue weighted by atomic mass is 16.5. The molecule has 3 aromatic rings. The minimum Gasteiger partial charge on any atom is -0.464 e. The lowest BCUT2D eigenvalue weighted by Crippen LogP contribution is -2.47. The smallest absolute Gasteiger partial charge is 0.139 e. The van der Waals surface area contributed by atoms with Gasteiger partial charge in [-0.1, -0.05) is 24.3 Å². The summed E-state index contributed by atoms with van der Waals surface area (Å²) >= 11 is 0. The van der Waals surface area contributed by atoms with E-state index >= 15 is 0 Å². The standard InChI is InChI=1S/C22H25N3O2/c1-2-4-18-17(3-1)7-15-26-21(18)6-10-24-11-13-25(14-12-24)22-19-8-16-27-20(19)5-9-23-22/h1-5,8-9,16,21H,6-7,10-15H2. The van der Waals surface area contributed by atoms with Crippen LogP contribution in [-0.2, 0) is 11.2 Å². The summed E-state index contributed by atoms with van der Waals surface area (Å²) in [5.41, 5.74) is 3.76. The summed E-state index contributed by atoms with van der Waals surface area (Å²) < 4.78 is 11.6. The predicted octanol–water partition coefficient (Wildman–Crippen LogP) is 3.65. The molecule has 1 aromatic carbocycles. The Morgan fingerprint density at radius 1 is 1.04 bits per heavy atom. The van der Waals surface area contributed by atoms with Crippen LogP contribution < -0.4 is 4.90 Å².